The van der Waals surface area contributed by atoms with Crippen molar-refractivity contribution in [1.29, 1.82) is 0 Å². The van der Waals surface area contributed by atoms with E-state index in [4.69, 9.17) is 14.6 Å². The van der Waals surface area contributed by atoms with E-state index in [-0.39, 0.29) is 0 Å². The lowest BCUT2D eigenvalue weighted by atomic mass is 9.92. The molecule has 17 heavy (non-hydrogen) atoms. The molecule has 0 saturated carbocycles. The van der Waals surface area contributed by atoms with Crippen molar-refractivity contribution in [2.45, 2.75) is 13.8 Å². The molecule has 0 aliphatic rings. The fourth-order valence-corrected chi connectivity index (χ4v) is 1.20. The van der Waals surface area contributed by atoms with Gasteiger partial charge in [-0.3, -0.25) is 9.59 Å². The first kappa shape index (κ1) is 15.9. The molecule has 1 amide bonds. The van der Waals surface area contributed by atoms with Gasteiger partial charge in [-0.2, -0.15) is 0 Å². The zero-order valence-electron chi connectivity index (χ0n) is 10.9. The third-order valence-corrected chi connectivity index (χ3v) is 2.49. The van der Waals surface area contributed by atoms with Crippen molar-refractivity contribution in [1.82, 2.24) is 4.90 Å². The summed E-state index contributed by atoms with van der Waals surface area (Å²) in [6.07, 6.45) is 0. The van der Waals surface area contributed by atoms with Crippen LogP contribution >= 0.6 is 0 Å². The predicted molar refractivity (Wildman–Crippen MR) is 61.7 cm³/mol. The van der Waals surface area contributed by atoms with Crippen LogP contribution in [-0.4, -0.2) is 62.4 Å². The maximum Gasteiger partial charge on any atom is 0.318 e. The highest BCUT2D eigenvalue weighted by Crippen LogP contribution is 2.19. The van der Waals surface area contributed by atoms with Crippen molar-refractivity contribution in [2.75, 3.05) is 40.5 Å². The van der Waals surface area contributed by atoms with Crippen LogP contribution < -0.4 is 0 Å². The second kappa shape index (κ2) is 7.24. The van der Waals surface area contributed by atoms with Crippen molar-refractivity contribution in [3.05, 3.63) is 0 Å². The van der Waals surface area contributed by atoms with E-state index in [0.717, 1.165) is 0 Å². The number of nitrogens with zero attached hydrogens (tertiary/aromatic N) is 1. The van der Waals surface area contributed by atoms with Crippen molar-refractivity contribution in [2.24, 2.45) is 5.41 Å². The highest BCUT2D eigenvalue weighted by atomic mass is 16.5. The summed E-state index contributed by atoms with van der Waals surface area (Å²) in [7, 11) is 3.06. The highest BCUT2D eigenvalue weighted by molar-refractivity contribution is 6.00. The Balaban J connectivity index is 4.66. The normalized spacial score (nSPS) is 11.3. The molecule has 0 spiro atoms. The van der Waals surface area contributed by atoms with Crippen LogP contribution in [0.5, 0.6) is 0 Å². The van der Waals surface area contributed by atoms with Crippen LogP contribution in [-0.2, 0) is 19.1 Å². The molecule has 0 aliphatic carbocycles. The Hall–Kier alpha value is -1.14. The molecule has 0 rings (SSSR count). The molecule has 0 saturated heterocycles. The van der Waals surface area contributed by atoms with Crippen LogP contribution in [0.1, 0.15) is 13.8 Å². The Morgan fingerprint density at radius 1 is 1.12 bits per heavy atom. The van der Waals surface area contributed by atoms with Gasteiger partial charge in [0.2, 0.25) is 5.91 Å². The van der Waals surface area contributed by atoms with Gasteiger partial charge in [-0.25, -0.2) is 0 Å². The summed E-state index contributed by atoms with van der Waals surface area (Å²) in [6.45, 7) is 4.23. The molecule has 0 radical (unpaired) electrons. The van der Waals surface area contributed by atoms with E-state index in [1.807, 2.05) is 0 Å². The molecule has 0 atom stereocenters. The van der Waals surface area contributed by atoms with Gasteiger partial charge in [0.05, 0.1) is 13.2 Å². The lowest BCUT2D eigenvalue weighted by Crippen LogP contribution is -2.47. The van der Waals surface area contributed by atoms with Gasteiger partial charge in [-0.05, 0) is 13.8 Å². The summed E-state index contributed by atoms with van der Waals surface area (Å²) in [4.78, 5) is 24.5. The number of carbonyl (C=O) groups is 2. The molecular formula is C11H21NO5. The Morgan fingerprint density at radius 2 is 1.53 bits per heavy atom. The predicted octanol–water partition coefficient (Wildman–Crippen LogP) is 0.219. The summed E-state index contributed by atoms with van der Waals surface area (Å²) < 4.78 is 9.79. The number of hydrogen-bond donors (Lipinski definition) is 1. The number of carboxylic acid groups (broad SMARTS) is 1. The zero-order chi connectivity index (χ0) is 13.5. The van der Waals surface area contributed by atoms with Crippen LogP contribution in [0.15, 0.2) is 0 Å². The average Bonchev–Trinajstić information content (AvgIpc) is 2.28. The van der Waals surface area contributed by atoms with Crippen molar-refractivity contribution >= 4 is 11.9 Å². The van der Waals surface area contributed by atoms with E-state index < -0.39 is 17.3 Å². The minimum atomic E-state index is -1.43. The third kappa shape index (κ3) is 4.70. The second-order valence-electron chi connectivity index (χ2n) is 4.21. The topological polar surface area (TPSA) is 76.1 Å². The van der Waals surface area contributed by atoms with E-state index in [1.165, 1.54) is 33.0 Å². The summed E-state index contributed by atoms with van der Waals surface area (Å²) >= 11 is 0. The van der Waals surface area contributed by atoms with Gasteiger partial charge >= 0.3 is 5.97 Å². The van der Waals surface area contributed by atoms with Crippen molar-refractivity contribution in [3.8, 4) is 0 Å². The molecule has 0 aromatic heterocycles. The summed E-state index contributed by atoms with van der Waals surface area (Å²) in [5.41, 5.74) is -1.43. The SMILES string of the molecule is COCCN(CCOC)C(=O)C(C)(C)C(=O)O. The Labute approximate surface area is 101 Å². The molecule has 0 aromatic carbocycles. The van der Waals surface area contributed by atoms with Crippen LogP contribution in [0.2, 0.25) is 0 Å². The van der Waals surface area contributed by atoms with E-state index in [1.54, 1.807) is 0 Å². The van der Waals surface area contributed by atoms with Crippen LogP contribution in [0.25, 0.3) is 0 Å². The Bertz CT molecular complexity index is 257. The number of carboxylic acids is 1. The Morgan fingerprint density at radius 3 is 1.82 bits per heavy atom. The maximum atomic E-state index is 12.1. The van der Waals surface area contributed by atoms with Crippen LogP contribution in [0, 0.1) is 5.41 Å². The summed E-state index contributed by atoms with van der Waals surface area (Å²) in [5.74, 6) is -1.57. The van der Waals surface area contributed by atoms with Crippen molar-refractivity contribution in [3.63, 3.8) is 0 Å². The van der Waals surface area contributed by atoms with E-state index in [9.17, 15) is 9.59 Å². The highest BCUT2D eigenvalue weighted by Gasteiger charge is 2.38. The number of rotatable bonds is 8. The largest absolute Gasteiger partial charge is 0.480 e. The standard InChI is InChI=1S/C11H21NO5/c1-11(2,10(14)15)9(13)12(5-7-16-3)6-8-17-4/h5-8H2,1-4H3,(H,14,15). The number of methoxy groups -OCH3 is 2. The third-order valence-electron chi connectivity index (χ3n) is 2.49. The van der Waals surface area contributed by atoms with Gasteiger partial charge in [0.15, 0.2) is 0 Å². The molecular weight excluding hydrogens is 226 g/mol. The number of ether oxygens (including phenoxy) is 2. The molecule has 0 aromatic rings. The van der Waals surface area contributed by atoms with Gasteiger partial charge in [0.1, 0.15) is 5.41 Å². The minimum Gasteiger partial charge on any atom is -0.480 e. The second-order valence-corrected chi connectivity index (χ2v) is 4.21. The van der Waals surface area contributed by atoms with E-state index >= 15 is 0 Å². The number of aliphatic carboxylic acids is 1. The lowest BCUT2D eigenvalue weighted by Gasteiger charge is -2.28. The smallest absolute Gasteiger partial charge is 0.318 e. The maximum absolute atomic E-state index is 12.1. The summed E-state index contributed by atoms with van der Waals surface area (Å²) in [5, 5.41) is 9.00. The molecule has 0 unspecified atom stereocenters. The molecule has 0 aliphatic heterocycles. The molecule has 0 fully saturated rings. The minimum absolute atomic E-state index is 0.357. The fourth-order valence-electron chi connectivity index (χ4n) is 1.20. The average molecular weight is 247 g/mol. The van der Waals surface area contributed by atoms with Gasteiger partial charge in [0.25, 0.3) is 0 Å². The molecule has 6 heteroatoms. The zero-order valence-corrected chi connectivity index (χ0v) is 10.9. The van der Waals surface area contributed by atoms with Crippen LogP contribution in [0.4, 0.5) is 0 Å². The number of carbonyl (C=O) groups excluding carboxylic acids is 1. The lowest BCUT2D eigenvalue weighted by molar-refractivity contribution is -0.158. The quantitative estimate of drug-likeness (QED) is 0.621. The molecule has 6 nitrogen and oxygen atoms in total. The van der Waals surface area contributed by atoms with Gasteiger partial charge in [-0.15, -0.1) is 0 Å². The molecule has 1 N–H and O–H groups in total. The van der Waals surface area contributed by atoms with E-state index in [0.29, 0.717) is 26.3 Å². The molecule has 0 bridgehead atoms. The van der Waals surface area contributed by atoms with Gasteiger partial charge in [-0.1, -0.05) is 0 Å². The number of amides is 1. The Kier molecular flexibility index (Phi) is 6.75. The monoisotopic (exact) mass is 247 g/mol. The first-order valence-corrected chi connectivity index (χ1v) is 5.38. The fraction of sp³-hybridized carbons (Fsp3) is 0.818. The van der Waals surface area contributed by atoms with Crippen molar-refractivity contribution < 1.29 is 24.2 Å². The number of hydrogen-bond acceptors (Lipinski definition) is 4. The molecule has 0 heterocycles. The van der Waals surface area contributed by atoms with Gasteiger partial charge < -0.3 is 19.5 Å². The summed E-state index contributed by atoms with van der Waals surface area (Å²) in [6, 6.07) is 0. The van der Waals surface area contributed by atoms with E-state index in [2.05, 4.69) is 0 Å². The van der Waals surface area contributed by atoms with Gasteiger partial charge in [0, 0.05) is 27.3 Å². The van der Waals surface area contributed by atoms with Crippen LogP contribution in [0.3, 0.4) is 0 Å². The molecule has 100 valence electrons. The first-order valence-electron chi connectivity index (χ1n) is 5.38. The first-order chi connectivity index (χ1) is 7.87.